The van der Waals surface area contributed by atoms with E-state index in [0.717, 1.165) is 17.2 Å². The van der Waals surface area contributed by atoms with E-state index in [1.807, 2.05) is 25.1 Å². The molecule has 0 unspecified atom stereocenters. The first-order valence-corrected chi connectivity index (χ1v) is 4.65. The molecule has 2 heterocycles. The van der Waals surface area contributed by atoms with Crippen LogP contribution in [0, 0.1) is 6.92 Å². The van der Waals surface area contributed by atoms with E-state index < -0.39 is 0 Å². The van der Waals surface area contributed by atoms with Crippen LogP contribution in [0.5, 0.6) is 0 Å². The number of aromatic nitrogens is 2. The van der Waals surface area contributed by atoms with E-state index in [0.29, 0.717) is 5.69 Å². The molecule has 0 aliphatic rings. The van der Waals surface area contributed by atoms with Crippen LogP contribution in [0.25, 0.3) is 0 Å². The van der Waals surface area contributed by atoms with Crippen molar-refractivity contribution in [3.8, 4) is 0 Å². The van der Waals surface area contributed by atoms with Gasteiger partial charge >= 0.3 is 0 Å². The van der Waals surface area contributed by atoms with Crippen molar-refractivity contribution in [2.45, 2.75) is 6.92 Å². The van der Waals surface area contributed by atoms with Gasteiger partial charge in [-0.1, -0.05) is 0 Å². The van der Waals surface area contributed by atoms with Crippen LogP contribution in [0.3, 0.4) is 0 Å². The zero-order valence-corrected chi connectivity index (χ0v) is 8.44. The Labute approximate surface area is 88.2 Å². The lowest BCUT2D eigenvalue weighted by Gasteiger charge is -2.04. The molecule has 0 aromatic carbocycles. The first-order chi connectivity index (χ1) is 7.24. The van der Waals surface area contributed by atoms with E-state index >= 15 is 0 Å². The summed E-state index contributed by atoms with van der Waals surface area (Å²) in [4.78, 5) is 8.31. The fourth-order valence-corrected chi connectivity index (χ4v) is 1.17. The van der Waals surface area contributed by atoms with Gasteiger partial charge in [0, 0.05) is 5.69 Å². The third kappa shape index (κ3) is 2.43. The van der Waals surface area contributed by atoms with Crippen molar-refractivity contribution in [1.82, 2.24) is 9.97 Å². The van der Waals surface area contributed by atoms with Gasteiger partial charge in [-0.15, -0.1) is 0 Å². The van der Waals surface area contributed by atoms with Gasteiger partial charge in [-0.3, -0.25) is 4.98 Å². The molecule has 0 aliphatic heterocycles. The number of nitrogen functional groups attached to an aromatic ring is 1. The van der Waals surface area contributed by atoms with Gasteiger partial charge in [0.15, 0.2) is 0 Å². The predicted molar refractivity (Wildman–Crippen MR) is 60.9 cm³/mol. The summed E-state index contributed by atoms with van der Waals surface area (Å²) in [6, 6.07) is 7.53. The number of anilines is 3. The van der Waals surface area contributed by atoms with Crippen LogP contribution in [0.15, 0.2) is 36.7 Å². The van der Waals surface area contributed by atoms with Crippen molar-refractivity contribution in [2.75, 3.05) is 11.1 Å². The van der Waals surface area contributed by atoms with E-state index in [1.54, 1.807) is 18.5 Å². The van der Waals surface area contributed by atoms with Gasteiger partial charge in [-0.25, -0.2) is 4.98 Å². The molecule has 2 aromatic heterocycles. The highest BCUT2D eigenvalue weighted by Crippen LogP contribution is 2.13. The van der Waals surface area contributed by atoms with Crippen molar-refractivity contribution in [1.29, 1.82) is 0 Å². The summed E-state index contributed by atoms with van der Waals surface area (Å²) >= 11 is 0. The van der Waals surface area contributed by atoms with Gasteiger partial charge < -0.3 is 11.1 Å². The van der Waals surface area contributed by atoms with Crippen molar-refractivity contribution < 1.29 is 0 Å². The highest BCUT2D eigenvalue weighted by molar-refractivity contribution is 5.56. The molecular formula is C11H12N4. The SMILES string of the molecule is Cc1ccc(Nc2ccc(N)cn2)cn1. The normalized spacial score (nSPS) is 9.93. The molecule has 0 spiro atoms. The van der Waals surface area contributed by atoms with Gasteiger partial charge in [0.05, 0.1) is 23.8 Å². The Balaban J connectivity index is 2.15. The number of hydrogen-bond acceptors (Lipinski definition) is 4. The molecule has 0 saturated carbocycles. The first kappa shape index (κ1) is 9.45. The molecule has 2 aromatic rings. The second-order valence-electron chi connectivity index (χ2n) is 3.29. The molecule has 2 rings (SSSR count). The topological polar surface area (TPSA) is 63.8 Å². The molecule has 76 valence electrons. The van der Waals surface area contributed by atoms with E-state index in [9.17, 15) is 0 Å². The van der Waals surface area contributed by atoms with Crippen LogP contribution < -0.4 is 11.1 Å². The largest absolute Gasteiger partial charge is 0.397 e. The fraction of sp³-hybridized carbons (Fsp3) is 0.0909. The van der Waals surface area contributed by atoms with Gasteiger partial charge in [0.25, 0.3) is 0 Å². The highest BCUT2D eigenvalue weighted by Gasteiger charge is 1.95. The summed E-state index contributed by atoms with van der Waals surface area (Å²) < 4.78 is 0. The molecule has 3 N–H and O–H groups in total. The Morgan fingerprint density at radius 2 is 1.93 bits per heavy atom. The van der Waals surface area contributed by atoms with E-state index in [-0.39, 0.29) is 0 Å². The van der Waals surface area contributed by atoms with Crippen LogP contribution in [0.4, 0.5) is 17.2 Å². The third-order valence-corrected chi connectivity index (χ3v) is 1.97. The van der Waals surface area contributed by atoms with Crippen molar-refractivity contribution >= 4 is 17.2 Å². The maximum atomic E-state index is 5.54. The minimum Gasteiger partial charge on any atom is -0.397 e. The molecule has 0 saturated heterocycles. The smallest absolute Gasteiger partial charge is 0.130 e. The lowest BCUT2D eigenvalue weighted by atomic mass is 10.3. The Morgan fingerprint density at radius 3 is 2.53 bits per heavy atom. The molecule has 15 heavy (non-hydrogen) atoms. The van der Waals surface area contributed by atoms with Gasteiger partial charge in [0.1, 0.15) is 5.82 Å². The average molecular weight is 200 g/mol. The number of hydrogen-bond donors (Lipinski definition) is 2. The van der Waals surface area contributed by atoms with Gasteiger partial charge in [-0.2, -0.15) is 0 Å². The standard InChI is InChI=1S/C11H12N4/c1-8-2-4-10(7-13-8)15-11-5-3-9(12)6-14-11/h2-7H,12H2,1H3,(H,14,15). The Bertz CT molecular complexity index is 390. The molecule has 0 atom stereocenters. The summed E-state index contributed by atoms with van der Waals surface area (Å²) in [6.07, 6.45) is 3.39. The minimum absolute atomic E-state index is 0.655. The molecule has 0 amide bonds. The van der Waals surface area contributed by atoms with Gasteiger partial charge in [-0.05, 0) is 31.2 Å². The van der Waals surface area contributed by atoms with Crippen LogP contribution in [-0.2, 0) is 0 Å². The number of nitrogens with two attached hydrogens (primary N) is 1. The Morgan fingerprint density at radius 1 is 1.07 bits per heavy atom. The summed E-state index contributed by atoms with van der Waals surface area (Å²) in [6.45, 7) is 1.95. The minimum atomic E-state index is 0.655. The molecule has 4 nitrogen and oxygen atoms in total. The lowest BCUT2D eigenvalue weighted by Crippen LogP contribution is -1.95. The summed E-state index contributed by atoms with van der Waals surface area (Å²) in [5.41, 5.74) is 8.10. The van der Waals surface area contributed by atoms with Crippen molar-refractivity contribution in [3.63, 3.8) is 0 Å². The zero-order chi connectivity index (χ0) is 10.7. The molecular weight excluding hydrogens is 188 g/mol. The maximum Gasteiger partial charge on any atom is 0.130 e. The van der Waals surface area contributed by atoms with Crippen LogP contribution in [0.2, 0.25) is 0 Å². The van der Waals surface area contributed by atoms with Crippen LogP contribution in [-0.4, -0.2) is 9.97 Å². The molecule has 0 fully saturated rings. The summed E-state index contributed by atoms with van der Waals surface area (Å²) in [5, 5.41) is 3.13. The van der Waals surface area contributed by atoms with Crippen LogP contribution >= 0.6 is 0 Å². The summed E-state index contributed by atoms with van der Waals surface area (Å²) in [5.74, 6) is 0.759. The molecule has 4 heteroatoms. The molecule has 0 bridgehead atoms. The molecule has 0 aliphatic carbocycles. The van der Waals surface area contributed by atoms with Gasteiger partial charge in [0.2, 0.25) is 0 Å². The monoisotopic (exact) mass is 200 g/mol. The van der Waals surface area contributed by atoms with E-state index in [2.05, 4.69) is 15.3 Å². The number of nitrogens with one attached hydrogen (secondary N) is 1. The predicted octanol–water partition coefficient (Wildman–Crippen LogP) is 2.11. The maximum absolute atomic E-state index is 5.54. The van der Waals surface area contributed by atoms with Crippen LogP contribution in [0.1, 0.15) is 5.69 Å². The number of nitrogens with zero attached hydrogens (tertiary/aromatic N) is 2. The third-order valence-electron chi connectivity index (χ3n) is 1.97. The second kappa shape index (κ2) is 3.96. The van der Waals surface area contributed by atoms with E-state index in [1.165, 1.54) is 0 Å². The molecule has 0 radical (unpaired) electrons. The average Bonchev–Trinajstić information content (AvgIpc) is 2.25. The quantitative estimate of drug-likeness (QED) is 0.779. The number of aryl methyl sites for hydroxylation is 1. The fourth-order valence-electron chi connectivity index (χ4n) is 1.17. The number of rotatable bonds is 2. The number of pyridine rings is 2. The lowest BCUT2D eigenvalue weighted by molar-refractivity contribution is 1.19. The zero-order valence-electron chi connectivity index (χ0n) is 8.44. The van der Waals surface area contributed by atoms with E-state index in [4.69, 9.17) is 5.73 Å². The van der Waals surface area contributed by atoms with Crippen molar-refractivity contribution in [2.24, 2.45) is 0 Å². The Hall–Kier alpha value is -2.10. The summed E-state index contributed by atoms with van der Waals surface area (Å²) in [7, 11) is 0. The van der Waals surface area contributed by atoms with Crippen molar-refractivity contribution in [3.05, 3.63) is 42.4 Å². The Kier molecular flexibility index (Phi) is 2.49. The first-order valence-electron chi connectivity index (χ1n) is 4.65. The second-order valence-corrected chi connectivity index (χ2v) is 3.29. The highest BCUT2D eigenvalue weighted by atomic mass is 15.0.